The van der Waals surface area contributed by atoms with Crippen LogP contribution in [0.1, 0.15) is 17.8 Å². The average molecular weight is 455 g/mol. The molecule has 4 rings (SSSR count). The van der Waals surface area contributed by atoms with Gasteiger partial charge in [0.05, 0.1) is 11.6 Å². The Hall–Kier alpha value is -3.07. The molecule has 2 amide bonds. The molecule has 0 saturated carbocycles. The molecule has 1 N–H and O–H groups in total. The summed E-state index contributed by atoms with van der Waals surface area (Å²) in [5.41, 5.74) is 3.20. The van der Waals surface area contributed by atoms with Gasteiger partial charge in [-0.3, -0.25) is 9.59 Å². The van der Waals surface area contributed by atoms with Crippen molar-refractivity contribution >= 4 is 39.1 Å². The summed E-state index contributed by atoms with van der Waals surface area (Å²) in [5.74, 6) is -0.000107. The van der Waals surface area contributed by atoms with Crippen LogP contribution in [0.15, 0.2) is 46.9 Å². The lowest BCUT2D eigenvalue weighted by Crippen LogP contribution is -2.28. The molecular formula is C20H19BrN6O2. The number of benzene rings is 2. The van der Waals surface area contributed by atoms with Gasteiger partial charge in [0.2, 0.25) is 11.8 Å². The van der Waals surface area contributed by atoms with Gasteiger partial charge >= 0.3 is 0 Å². The Morgan fingerprint density at radius 1 is 1.21 bits per heavy atom. The lowest BCUT2D eigenvalue weighted by Gasteiger charge is -2.17. The van der Waals surface area contributed by atoms with Crippen LogP contribution in [0, 0.1) is 19.8 Å². The molecule has 0 aliphatic carbocycles. The van der Waals surface area contributed by atoms with Crippen LogP contribution in [0.2, 0.25) is 0 Å². The molecule has 148 valence electrons. The molecule has 1 aromatic heterocycles. The van der Waals surface area contributed by atoms with E-state index in [1.165, 1.54) is 0 Å². The minimum Gasteiger partial charge on any atom is -0.326 e. The van der Waals surface area contributed by atoms with Crippen molar-refractivity contribution in [3.05, 3.63) is 58.3 Å². The number of aromatic nitrogens is 4. The highest BCUT2D eigenvalue weighted by Crippen LogP contribution is 2.28. The summed E-state index contributed by atoms with van der Waals surface area (Å²) in [5, 5.41) is 14.5. The minimum atomic E-state index is -0.416. The van der Waals surface area contributed by atoms with Crippen molar-refractivity contribution in [2.45, 2.75) is 20.3 Å². The normalized spacial score (nSPS) is 16.3. The van der Waals surface area contributed by atoms with Gasteiger partial charge in [-0.1, -0.05) is 28.1 Å². The summed E-state index contributed by atoms with van der Waals surface area (Å²) < 4.78 is 2.51. The monoisotopic (exact) mass is 454 g/mol. The molecular weight excluding hydrogens is 436 g/mol. The summed E-state index contributed by atoms with van der Waals surface area (Å²) in [4.78, 5) is 26.9. The standard InChI is InChI=1S/C20H19BrN6O2/c1-12-6-7-16(10-18(12)27-13(2)23-24-25-27)22-20(29)14-8-19(28)26(11-14)17-5-3-4-15(21)9-17/h3-7,9-10,14H,8,11H2,1-2H3,(H,22,29). The third kappa shape index (κ3) is 3.91. The molecule has 0 radical (unpaired) electrons. The number of amides is 2. The van der Waals surface area contributed by atoms with Crippen LogP contribution >= 0.6 is 15.9 Å². The van der Waals surface area contributed by atoms with E-state index in [1.807, 2.05) is 56.3 Å². The Morgan fingerprint density at radius 2 is 2.03 bits per heavy atom. The molecule has 1 unspecified atom stereocenters. The summed E-state index contributed by atoms with van der Waals surface area (Å²) in [6.07, 6.45) is 0.184. The smallest absolute Gasteiger partial charge is 0.229 e. The zero-order chi connectivity index (χ0) is 20.5. The van der Waals surface area contributed by atoms with Crippen LogP contribution in [0.25, 0.3) is 5.69 Å². The van der Waals surface area contributed by atoms with Crippen LogP contribution in [0.4, 0.5) is 11.4 Å². The number of nitrogens with zero attached hydrogens (tertiary/aromatic N) is 5. The topological polar surface area (TPSA) is 93.0 Å². The van der Waals surface area contributed by atoms with Gasteiger partial charge in [-0.25, -0.2) is 0 Å². The van der Waals surface area contributed by atoms with Gasteiger partial charge in [-0.05, 0) is 60.2 Å². The number of hydrogen-bond acceptors (Lipinski definition) is 5. The molecule has 0 spiro atoms. The maximum Gasteiger partial charge on any atom is 0.229 e. The summed E-state index contributed by atoms with van der Waals surface area (Å²) in [6.45, 7) is 4.12. The van der Waals surface area contributed by atoms with Crippen molar-refractivity contribution < 1.29 is 9.59 Å². The van der Waals surface area contributed by atoms with E-state index in [4.69, 9.17) is 0 Å². The molecule has 1 aliphatic heterocycles. The fourth-order valence-electron chi connectivity index (χ4n) is 3.39. The Morgan fingerprint density at radius 3 is 2.76 bits per heavy atom. The Labute approximate surface area is 176 Å². The minimum absolute atomic E-state index is 0.0582. The van der Waals surface area contributed by atoms with E-state index in [0.717, 1.165) is 21.4 Å². The Balaban J connectivity index is 1.50. The summed E-state index contributed by atoms with van der Waals surface area (Å²) in [7, 11) is 0. The quantitative estimate of drug-likeness (QED) is 0.653. The first-order valence-corrected chi connectivity index (χ1v) is 9.94. The highest BCUT2D eigenvalue weighted by Gasteiger charge is 2.35. The van der Waals surface area contributed by atoms with Crippen molar-refractivity contribution in [2.75, 3.05) is 16.8 Å². The maximum absolute atomic E-state index is 12.8. The van der Waals surface area contributed by atoms with Gasteiger partial charge < -0.3 is 10.2 Å². The molecule has 1 saturated heterocycles. The van der Waals surface area contributed by atoms with E-state index < -0.39 is 5.92 Å². The lowest BCUT2D eigenvalue weighted by molar-refractivity contribution is -0.122. The van der Waals surface area contributed by atoms with Crippen LogP contribution < -0.4 is 10.2 Å². The van der Waals surface area contributed by atoms with Crippen LogP contribution in [-0.4, -0.2) is 38.6 Å². The fraction of sp³-hybridized carbons (Fsp3) is 0.250. The first-order valence-electron chi connectivity index (χ1n) is 9.15. The van der Waals surface area contributed by atoms with E-state index >= 15 is 0 Å². The van der Waals surface area contributed by atoms with Crippen molar-refractivity contribution in [1.82, 2.24) is 20.2 Å². The van der Waals surface area contributed by atoms with E-state index in [9.17, 15) is 9.59 Å². The third-order valence-electron chi connectivity index (χ3n) is 4.95. The van der Waals surface area contributed by atoms with Crippen LogP contribution in [-0.2, 0) is 9.59 Å². The fourth-order valence-corrected chi connectivity index (χ4v) is 3.78. The third-order valence-corrected chi connectivity index (χ3v) is 5.44. The van der Waals surface area contributed by atoms with Crippen LogP contribution in [0.5, 0.6) is 0 Å². The summed E-state index contributed by atoms with van der Waals surface area (Å²) >= 11 is 3.42. The second kappa shape index (κ2) is 7.75. The van der Waals surface area contributed by atoms with E-state index in [1.54, 1.807) is 9.58 Å². The number of carbonyl (C=O) groups is 2. The van der Waals surface area contributed by atoms with Crippen molar-refractivity contribution in [2.24, 2.45) is 5.92 Å². The zero-order valence-electron chi connectivity index (χ0n) is 16.0. The van der Waals surface area contributed by atoms with E-state index in [0.29, 0.717) is 18.1 Å². The van der Waals surface area contributed by atoms with E-state index in [-0.39, 0.29) is 18.2 Å². The van der Waals surface area contributed by atoms with Crippen molar-refractivity contribution in [1.29, 1.82) is 0 Å². The van der Waals surface area contributed by atoms with Crippen LogP contribution in [0.3, 0.4) is 0 Å². The first kappa shape index (κ1) is 19.3. The number of hydrogen-bond donors (Lipinski definition) is 1. The number of tetrazole rings is 1. The molecule has 2 aromatic carbocycles. The van der Waals surface area contributed by atoms with Crippen molar-refractivity contribution in [3.63, 3.8) is 0 Å². The molecule has 3 aromatic rings. The van der Waals surface area contributed by atoms with Crippen molar-refractivity contribution in [3.8, 4) is 5.69 Å². The molecule has 29 heavy (non-hydrogen) atoms. The lowest BCUT2D eigenvalue weighted by atomic mass is 10.1. The predicted octanol–water partition coefficient (Wildman–Crippen LogP) is 3.03. The Kier molecular flexibility index (Phi) is 5.14. The van der Waals surface area contributed by atoms with Gasteiger partial charge in [0, 0.05) is 28.8 Å². The highest BCUT2D eigenvalue weighted by atomic mass is 79.9. The second-order valence-electron chi connectivity index (χ2n) is 7.01. The number of halogens is 1. The van der Waals surface area contributed by atoms with Gasteiger partial charge in [0.1, 0.15) is 0 Å². The number of anilines is 2. The number of aryl methyl sites for hydroxylation is 2. The van der Waals surface area contributed by atoms with Gasteiger partial charge in [0.15, 0.2) is 5.82 Å². The van der Waals surface area contributed by atoms with Gasteiger partial charge in [-0.2, -0.15) is 4.68 Å². The number of carbonyl (C=O) groups excluding carboxylic acids is 2. The van der Waals surface area contributed by atoms with Gasteiger partial charge in [-0.15, -0.1) is 5.10 Å². The molecule has 1 aliphatic rings. The molecule has 1 atom stereocenters. The molecule has 1 fully saturated rings. The average Bonchev–Trinajstić information content (AvgIpc) is 3.29. The first-order chi connectivity index (χ1) is 13.9. The van der Waals surface area contributed by atoms with E-state index in [2.05, 4.69) is 36.8 Å². The van der Waals surface area contributed by atoms with Gasteiger partial charge in [0.25, 0.3) is 0 Å². The number of rotatable bonds is 4. The highest BCUT2D eigenvalue weighted by molar-refractivity contribution is 9.10. The number of nitrogens with one attached hydrogen (secondary N) is 1. The molecule has 0 bridgehead atoms. The Bertz CT molecular complexity index is 1100. The summed E-state index contributed by atoms with van der Waals surface area (Å²) in [6, 6.07) is 13.1. The maximum atomic E-state index is 12.8. The zero-order valence-corrected chi connectivity index (χ0v) is 17.5. The molecule has 8 nitrogen and oxygen atoms in total. The SMILES string of the molecule is Cc1ccc(NC(=O)C2CC(=O)N(c3cccc(Br)c3)C2)cc1-n1nnnc1C. The second-order valence-corrected chi connectivity index (χ2v) is 7.93. The largest absolute Gasteiger partial charge is 0.326 e. The molecule has 2 heterocycles. The molecule has 9 heteroatoms. The predicted molar refractivity (Wildman–Crippen MR) is 112 cm³/mol.